The van der Waals surface area contributed by atoms with Gasteiger partial charge in [0.2, 0.25) is 0 Å². The van der Waals surface area contributed by atoms with Gasteiger partial charge in [0, 0.05) is 11.1 Å². The van der Waals surface area contributed by atoms with E-state index in [1.165, 1.54) is 514 Å². The Morgan fingerprint density at radius 1 is 0.214 bits per heavy atom. The van der Waals surface area contributed by atoms with Crippen LogP contribution in [0.4, 0.5) is 0 Å². The number of unbranched alkanes of at least 4 members (excludes halogenated alkanes) is 64. The van der Waals surface area contributed by atoms with Crippen molar-refractivity contribution in [3.63, 3.8) is 0 Å². The molecule has 0 spiro atoms. The average molecular weight is 1740 g/mol. The van der Waals surface area contributed by atoms with Gasteiger partial charge in [-0.25, -0.2) is 0 Å². The zero-order valence-electron chi connectivity index (χ0n) is 85.2. The summed E-state index contributed by atoms with van der Waals surface area (Å²) in [6.07, 6.45) is 110. The molecular weight excluding hydrogens is 1530 g/mol. The molecule has 4 unspecified atom stereocenters. The van der Waals surface area contributed by atoms with Crippen LogP contribution in [0.1, 0.15) is 591 Å². The topological polar surface area (TPSA) is 84.5 Å². The van der Waals surface area contributed by atoms with Gasteiger partial charge >= 0.3 is 0 Å². The second kappa shape index (κ2) is 88.3. The van der Waals surface area contributed by atoms with E-state index in [0.29, 0.717) is 61.2 Å². The van der Waals surface area contributed by atoms with Crippen LogP contribution in [0.25, 0.3) is 23.3 Å². The second-order valence-corrected chi connectivity index (χ2v) is 40.0. The Hall–Kier alpha value is -4.68. The molecule has 0 aliphatic heterocycles. The van der Waals surface area contributed by atoms with Gasteiger partial charge in [-0.2, -0.15) is 10.5 Å². The van der Waals surface area contributed by atoms with Gasteiger partial charge in [-0.05, 0) is 135 Å². The summed E-state index contributed by atoms with van der Waals surface area (Å²) in [5, 5.41) is 22.8. The van der Waals surface area contributed by atoms with Crippen LogP contribution in [-0.2, 0) is 0 Å². The van der Waals surface area contributed by atoms with E-state index < -0.39 is 0 Å². The van der Waals surface area contributed by atoms with Gasteiger partial charge < -0.3 is 18.9 Å². The van der Waals surface area contributed by atoms with E-state index >= 15 is 0 Å². The summed E-state index contributed by atoms with van der Waals surface area (Å²) in [6.45, 7) is 21.3. The summed E-state index contributed by atoms with van der Waals surface area (Å²) in [4.78, 5) is 0. The van der Waals surface area contributed by atoms with E-state index in [0.717, 1.165) is 45.3 Å². The van der Waals surface area contributed by atoms with Crippen LogP contribution in [-0.4, -0.2) is 26.4 Å². The molecule has 0 radical (unpaired) electrons. The summed E-state index contributed by atoms with van der Waals surface area (Å²) in [7, 11) is 0. The van der Waals surface area contributed by atoms with Crippen molar-refractivity contribution in [3.8, 4) is 35.1 Å². The summed E-state index contributed by atoms with van der Waals surface area (Å²) in [5.74, 6) is 5.32. The highest BCUT2D eigenvalue weighted by Crippen LogP contribution is 2.36. The van der Waals surface area contributed by atoms with Crippen molar-refractivity contribution < 1.29 is 18.9 Å². The molecule has 0 heterocycles. The molecule has 3 rings (SSSR count). The van der Waals surface area contributed by atoms with E-state index in [9.17, 15) is 10.5 Å². The van der Waals surface area contributed by atoms with Crippen LogP contribution in [0.3, 0.4) is 0 Å². The molecule has 0 aromatic heterocycles. The van der Waals surface area contributed by atoms with Crippen molar-refractivity contribution in [3.05, 3.63) is 82.9 Å². The average Bonchev–Trinajstić information content (AvgIpc) is 0.815. The molecule has 0 saturated carbocycles. The summed E-state index contributed by atoms with van der Waals surface area (Å²) >= 11 is 0. The van der Waals surface area contributed by atoms with Gasteiger partial charge in [0.1, 0.15) is 23.0 Å². The number of rotatable bonds is 96. The van der Waals surface area contributed by atoms with E-state index in [-0.39, 0.29) is 0 Å². The standard InChI is InChI=1S/C120H208N2O4/c1-9-17-25-33-41-49-53-61-69-75-83-107(81-73-65-57-45-37-29-21-13-5)103-123-117-93-95-119(125-105-109(85-77-67-59-47-39-31-23-15-7)87-79-71-63-55-51-43-35-27-19-11-3)113(99-117)97-115(101-121)111-89-91-112(92-90-111)116(102-122)98-114-100-118(124-104-108(82-74-66-58-46-38-30-22-14-6)84-76-70-62-54-50-42-34-26-18-10-2)94-96-120(114)126-106-110(86-78-68-60-48-40-32-24-16-8)88-80-72-64-56-52-44-36-28-20-12-4/h89-100,107-110H,9-88,103-106H2,1-8H3/b115-97+,116-98+. The number of nitrogens with zero attached hydrogens (tertiary/aromatic N) is 2. The second-order valence-electron chi connectivity index (χ2n) is 40.0. The minimum absolute atomic E-state index is 0.476. The number of benzene rings is 3. The highest BCUT2D eigenvalue weighted by Gasteiger charge is 2.20. The van der Waals surface area contributed by atoms with E-state index in [2.05, 4.69) is 116 Å². The Kier molecular flexibility index (Phi) is 80.9. The lowest BCUT2D eigenvalue weighted by Crippen LogP contribution is -2.14. The largest absolute Gasteiger partial charge is 0.493 e. The van der Waals surface area contributed by atoms with Gasteiger partial charge in [0.15, 0.2) is 0 Å². The lowest BCUT2D eigenvalue weighted by Gasteiger charge is -2.21. The fourth-order valence-corrected chi connectivity index (χ4v) is 19.3. The van der Waals surface area contributed by atoms with Gasteiger partial charge in [0.05, 0.1) is 49.7 Å². The molecule has 0 amide bonds. The van der Waals surface area contributed by atoms with Crippen molar-refractivity contribution in [1.82, 2.24) is 0 Å². The Labute approximate surface area is 785 Å². The lowest BCUT2D eigenvalue weighted by molar-refractivity contribution is 0.218. The predicted octanol–water partition coefficient (Wildman–Crippen LogP) is 41.2. The van der Waals surface area contributed by atoms with Crippen molar-refractivity contribution in [2.75, 3.05) is 26.4 Å². The van der Waals surface area contributed by atoms with Crippen LogP contribution in [0.5, 0.6) is 23.0 Å². The monoisotopic (exact) mass is 1740 g/mol. The first-order chi connectivity index (χ1) is 62.3. The normalized spacial score (nSPS) is 12.8. The lowest BCUT2D eigenvalue weighted by atomic mass is 9.94. The van der Waals surface area contributed by atoms with Crippen molar-refractivity contribution in [1.29, 1.82) is 10.5 Å². The van der Waals surface area contributed by atoms with Gasteiger partial charge in [-0.3, -0.25) is 0 Å². The molecule has 0 aliphatic rings. The third-order valence-electron chi connectivity index (χ3n) is 28.0. The number of hydrogen-bond donors (Lipinski definition) is 0. The van der Waals surface area contributed by atoms with Crippen LogP contribution in [0.2, 0.25) is 0 Å². The molecule has 0 N–H and O–H groups in total. The van der Waals surface area contributed by atoms with Crippen molar-refractivity contribution in [2.45, 2.75) is 569 Å². The maximum absolute atomic E-state index is 11.4. The predicted molar refractivity (Wildman–Crippen MR) is 557 cm³/mol. The zero-order chi connectivity index (χ0) is 90.2. The zero-order valence-corrected chi connectivity index (χ0v) is 85.2. The Balaban J connectivity index is 2.14. The molecule has 4 atom stereocenters. The van der Waals surface area contributed by atoms with Crippen LogP contribution in [0, 0.1) is 46.3 Å². The van der Waals surface area contributed by atoms with Crippen LogP contribution in [0.15, 0.2) is 60.7 Å². The van der Waals surface area contributed by atoms with Gasteiger partial charge in [0.25, 0.3) is 0 Å². The smallest absolute Gasteiger partial charge is 0.126 e. The quantitative estimate of drug-likeness (QED) is 0.0318. The number of nitriles is 2. The molecule has 3 aromatic carbocycles. The van der Waals surface area contributed by atoms with E-state index in [1.807, 2.05) is 24.3 Å². The Morgan fingerprint density at radius 3 is 0.540 bits per heavy atom. The SMILES string of the molecule is CCCCCCCCCCCCC(CCCCCCCCCC)COc1ccc(OCC(CCCCCCCCCC)CCCCCCCCCCCC)c(/C=C(\C#N)c2ccc(/C(C#N)=C/c3cc(OCC(CCCCCCCCCC)CCCCCCCCCCCC)ccc3OCC(CCCCCCCCCC)CCCCCCCCCCCC)cc2)c1. The number of hydrogen-bond acceptors (Lipinski definition) is 6. The molecule has 722 valence electrons. The first-order valence-electron chi connectivity index (χ1n) is 56.4. The summed E-state index contributed by atoms with van der Waals surface area (Å²) < 4.78 is 28.3. The van der Waals surface area contributed by atoms with Crippen LogP contribution < -0.4 is 18.9 Å². The van der Waals surface area contributed by atoms with Crippen molar-refractivity contribution in [2.24, 2.45) is 23.7 Å². The highest BCUT2D eigenvalue weighted by molar-refractivity contribution is 5.93. The fraction of sp³-hybridized carbons (Fsp3) is 0.800. The van der Waals surface area contributed by atoms with E-state index in [4.69, 9.17) is 18.9 Å². The van der Waals surface area contributed by atoms with E-state index in [1.54, 1.807) is 0 Å². The minimum atomic E-state index is 0.476. The molecule has 6 nitrogen and oxygen atoms in total. The third-order valence-corrected chi connectivity index (χ3v) is 28.0. The molecule has 3 aromatic rings. The molecule has 0 saturated heterocycles. The molecule has 0 bridgehead atoms. The fourth-order valence-electron chi connectivity index (χ4n) is 19.3. The molecule has 0 aliphatic carbocycles. The minimum Gasteiger partial charge on any atom is -0.493 e. The first kappa shape index (κ1) is 115. The maximum Gasteiger partial charge on any atom is 0.126 e. The first-order valence-corrected chi connectivity index (χ1v) is 56.4. The third kappa shape index (κ3) is 65.8. The van der Waals surface area contributed by atoms with Crippen LogP contribution >= 0.6 is 0 Å². The van der Waals surface area contributed by atoms with Crippen molar-refractivity contribution >= 4 is 23.3 Å². The van der Waals surface area contributed by atoms with Gasteiger partial charge in [-0.1, -0.05) is 542 Å². The number of ether oxygens (including phenoxy) is 4. The Morgan fingerprint density at radius 2 is 0.373 bits per heavy atom. The Bertz CT molecular complexity index is 2790. The number of allylic oxidation sites excluding steroid dienone is 2. The molecule has 6 heteroatoms. The van der Waals surface area contributed by atoms with Gasteiger partial charge in [-0.15, -0.1) is 0 Å². The molecular formula is C120H208N2O4. The summed E-state index contributed by atoms with van der Waals surface area (Å²) in [5.41, 5.74) is 4.54. The molecule has 0 fully saturated rings. The highest BCUT2D eigenvalue weighted by atomic mass is 16.5. The molecule has 126 heavy (non-hydrogen) atoms. The summed E-state index contributed by atoms with van der Waals surface area (Å²) in [6, 6.07) is 26.5. The maximum atomic E-state index is 11.4.